The molecule has 0 saturated heterocycles. The Morgan fingerprint density at radius 3 is 2.00 bits per heavy atom. The highest BCUT2D eigenvalue weighted by atomic mass is 16.5. The van der Waals surface area contributed by atoms with Crippen molar-refractivity contribution in [3.63, 3.8) is 0 Å². The first-order valence-corrected chi connectivity index (χ1v) is 9.33. The van der Waals surface area contributed by atoms with Crippen LogP contribution in [-0.4, -0.2) is 41.2 Å². The lowest BCUT2D eigenvalue weighted by molar-refractivity contribution is -0.150. The minimum absolute atomic E-state index is 0.250. The molecule has 0 radical (unpaired) electrons. The maximum absolute atomic E-state index is 12.4. The summed E-state index contributed by atoms with van der Waals surface area (Å²) in [6, 6.07) is 12.6. The Kier molecular flexibility index (Phi) is 5.77. The summed E-state index contributed by atoms with van der Waals surface area (Å²) in [5.41, 5.74) is 2.23. The lowest BCUT2D eigenvalue weighted by atomic mass is 10.0. The molecule has 0 fully saturated rings. The van der Waals surface area contributed by atoms with Crippen LogP contribution in [-0.2, 0) is 14.3 Å². The van der Waals surface area contributed by atoms with Crippen molar-refractivity contribution >= 4 is 29.4 Å². The highest BCUT2D eigenvalue weighted by Gasteiger charge is 2.41. The maximum atomic E-state index is 12.4. The van der Waals surface area contributed by atoms with E-state index in [0.29, 0.717) is 11.6 Å². The lowest BCUT2D eigenvalue weighted by Crippen LogP contribution is -2.44. The number of imide groups is 1. The molecule has 0 aromatic heterocycles. The average Bonchev–Trinajstić information content (AvgIpc) is 2.96. The Morgan fingerprint density at radius 2 is 1.48 bits per heavy atom. The maximum Gasteiger partial charge on any atom is 0.329 e. The average molecular weight is 394 g/mol. The van der Waals surface area contributed by atoms with E-state index in [4.69, 9.17) is 4.74 Å². The SMILES string of the molecule is CC(C)c1ccc(NC(=O)COC(=O)[C@H](C)N2C(=O)c3ccccc3C2=O)cc1. The Morgan fingerprint density at radius 1 is 0.931 bits per heavy atom. The van der Waals surface area contributed by atoms with Crippen LogP contribution in [0, 0.1) is 0 Å². The predicted octanol–water partition coefficient (Wildman–Crippen LogP) is 2.98. The summed E-state index contributed by atoms with van der Waals surface area (Å²) in [5, 5.41) is 2.64. The van der Waals surface area contributed by atoms with Crippen molar-refractivity contribution < 1.29 is 23.9 Å². The Balaban J connectivity index is 1.56. The van der Waals surface area contributed by atoms with E-state index in [2.05, 4.69) is 19.2 Å². The van der Waals surface area contributed by atoms with E-state index in [0.717, 1.165) is 10.5 Å². The Labute approximate surface area is 168 Å². The van der Waals surface area contributed by atoms with Gasteiger partial charge in [-0.05, 0) is 42.7 Å². The number of carbonyl (C=O) groups is 4. The molecular formula is C22H22N2O5. The number of carbonyl (C=O) groups excluding carboxylic acids is 4. The lowest BCUT2D eigenvalue weighted by Gasteiger charge is -2.20. The second-order valence-corrected chi connectivity index (χ2v) is 7.13. The van der Waals surface area contributed by atoms with Gasteiger partial charge in [0.25, 0.3) is 17.7 Å². The zero-order valence-corrected chi connectivity index (χ0v) is 16.5. The van der Waals surface area contributed by atoms with Crippen LogP contribution in [0.2, 0.25) is 0 Å². The van der Waals surface area contributed by atoms with Crippen LogP contribution in [0.15, 0.2) is 48.5 Å². The molecule has 0 unspecified atom stereocenters. The summed E-state index contributed by atoms with van der Waals surface area (Å²) in [6.45, 7) is 5.02. The summed E-state index contributed by atoms with van der Waals surface area (Å²) >= 11 is 0. The molecule has 2 aromatic carbocycles. The zero-order valence-electron chi connectivity index (χ0n) is 16.5. The fourth-order valence-corrected chi connectivity index (χ4v) is 3.07. The van der Waals surface area contributed by atoms with Crippen LogP contribution in [0.5, 0.6) is 0 Å². The molecule has 1 atom stereocenters. The number of esters is 1. The van der Waals surface area contributed by atoms with Gasteiger partial charge in [-0.25, -0.2) is 4.79 Å². The van der Waals surface area contributed by atoms with E-state index >= 15 is 0 Å². The molecule has 1 heterocycles. The van der Waals surface area contributed by atoms with E-state index in [-0.39, 0.29) is 11.1 Å². The monoisotopic (exact) mass is 394 g/mol. The van der Waals surface area contributed by atoms with Gasteiger partial charge in [0.15, 0.2) is 6.61 Å². The number of amides is 3. The second-order valence-electron chi connectivity index (χ2n) is 7.13. The number of rotatable bonds is 6. The van der Waals surface area contributed by atoms with Gasteiger partial charge < -0.3 is 10.1 Å². The zero-order chi connectivity index (χ0) is 21.1. The van der Waals surface area contributed by atoms with Crippen LogP contribution < -0.4 is 5.32 Å². The number of nitrogens with one attached hydrogen (secondary N) is 1. The van der Waals surface area contributed by atoms with Crippen molar-refractivity contribution in [1.29, 1.82) is 0 Å². The minimum atomic E-state index is -1.14. The Hall–Kier alpha value is -3.48. The van der Waals surface area contributed by atoms with Crippen LogP contribution in [0.1, 0.15) is 53.0 Å². The van der Waals surface area contributed by atoms with Crippen molar-refractivity contribution in [3.05, 3.63) is 65.2 Å². The van der Waals surface area contributed by atoms with Gasteiger partial charge in [0, 0.05) is 5.69 Å². The van der Waals surface area contributed by atoms with E-state index in [1.165, 1.54) is 19.1 Å². The van der Waals surface area contributed by atoms with E-state index in [1.54, 1.807) is 24.3 Å². The summed E-state index contributed by atoms with van der Waals surface area (Å²) < 4.78 is 5.01. The standard InChI is InChI=1S/C22H22N2O5/c1-13(2)15-8-10-16(11-9-15)23-19(25)12-29-22(28)14(3)24-20(26)17-6-4-5-7-18(17)21(24)27/h4-11,13-14H,12H2,1-3H3,(H,23,25)/t14-/m0/s1. The normalized spacial score (nSPS) is 14.0. The summed E-state index contributed by atoms with van der Waals surface area (Å²) in [5.74, 6) is -2.06. The van der Waals surface area contributed by atoms with Gasteiger partial charge in [-0.2, -0.15) is 0 Å². The fourth-order valence-electron chi connectivity index (χ4n) is 3.07. The predicted molar refractivity (Wildman–Crippen MR) is 107 cm³/mol. The summed E-state index contributed by atoms with van der Waals surface area (Å²) in [6.07, 6.45) is 0. The molecular weight excluding hydrogens is 372 g/mol. The smallest absolute Gasteiger partial charge is 0.329 e. The first-order chi connectivity index (χ1) is 13.8. The van der Waals surface area contributed by atoms with E-state index in [9.17, 15) is 19.2 Å². The number of hydrogen-bond donors (Lipinski definition) is 1. The highest BCUT2D eigenvalue weighted by Crippen LogP contribution is 2.24. The van der Waals surface area contributed by atoms with Crippen molar-refractivity contribution in [1.82, 2.24) is 4.90 Å². The minimum Gasteiger partial charge on any atom is -0.454 e. The molecule has 3 amide bonds. The molecule has 1 aliphatic heterocycles. The molecule has 150 valence electrons. The van der Waals surface area contributed by atoms with Gasteiger partial charge in [0.05, 0.1) is 11.1 Å². The number of ether oxygens (including phenoxy) is 1. The van der Waals surface area contributed by atoms with Crippen LogP contribution in [0.3, 0.4) is 0 Å². The largest absolute Gasteiger partial charge is 0.454 e. The van der Waals surface area contributed by atoms with Crippen LogP contribution in [0.4, 0.5) is 5.69 Å². The van der Waals surface area contributed by atoms with Gasteiger partial charge >= 0.3 is 5.97 Å². The number of hydrogen-bond acceptors (Lipinski definition) is 5. The van der Waals surface area contributed by atoms with Gasteiger partial charge in [0.1, 0.15) is 6.04 Å². The summed E-state index contributed by atoms with van der Waals surface area (Å²) in [7, 11) is 0. The van der Waals surface area contributed by atoms with Crippen LogP contribution in [0.25, 0.3) is 0 Å². The molecule has 0 spiro atoms. The molecule has 7 heteroatoms. The second kappa shape index (κ2) is 8.26. The first kappa shape index (κ1) is 20.3. The van der Waals surface area contributed by atoms with Crippen molar-refractivity contribution in [2.24, 2.45) is 0 Å². The molecule has 29 heavy (non-hydrogen) atoms. The van der Waals surface area contributed by atoms with Gasteiger partial charge in [0.2, 0.25) is 0 Å². The van der Waals surface area contributed by atoms with Crippen molar-refractivity contribution in [2.75, 3.05) is 11.9 Å². The molecule has 1 aliphatic rings. The topological polar surface area (TPSA) is 92.8 Å². The van der Waals surface area contributed by atoms with Crippen LogP contribution >= 0.6 is 0 Å². The van der Waals surface area contributed by atoms with Crippen molar-refractivity contribution in [2.45, 2.75) is 32.7 Å². The number of benzene rings is 2. The quantitative estimate of drug-likeness (QED) is 0.601. The highest BCUT2D eigenvalue weighted by molar-refractivity contribution is 6.22. The van der Waals surface area contributed by atoms with Crippen molar-refractivity contribution in [3.8, 4) is 0 Å². The molecule has 3 rings (SSSR count). The first-order valence-electron chi connectivity index (χ1n) is 9.33. The fraction of sp³-hybridized carbons (Fsp3) is 0.273. The van der Waals surface area contributed by atoms with E-state index in [1.807, 2.05) is 12.1 Å². The molecule has 0 saturated carbocycles. The third-order valence-electron chi connectivity index (χ3n) is 4.76. The number of fused-ring (bicyclic) bond motifs is 1. The van der Waals surface area contributed by atoms with Gasteiger partial charge in [-0.1, -0.05) is 38.1 Å². The van der Waals surface area contributed by atoms with E-state index < -0.39 is 36.3 Å². The molecule has 0 aliphatic carbocycles. The third-order valence-corrected chi connectivity index (χ3v) is 4.76. The third kappa shape index (κ3) is 4.18. The molecule has 0 bridgehead atoms. The molecule has 7 nitrogen and oxygen atoms in total. The summed E-state index contributed by atoms with van der Waals surface area (Å²) in [4.78, 5) is 50.1. The molecule has 1 N–H and O–H groups in total. The van der Waals surface area contributed by atoms with Gasteiger partial charge in [-0.3, -0.25) is 19.3 Å². The number of anilines is 1. The van der Waals surface area contributed by atoms with Gasteiger partial charge in [-0.15, -0.1) is 0 Å². The number of nitrogens with zero attached hydrogens (tertiary/aromatic N) is 1. The molecule has 2 aromatic rings. The Bertz CT molecular complexity index is 930.